The second-order valence-corrected chi connectivity index (χ2v) is 13.5. The van der Waals surface area contributed by atoms with Crippen LogP contribution in [0.5, 0.6) is 0 Å². The molecule has 9 heteroatoms. The maximum Gasteiger partial charge on any atom is 0.534 e. The minimum absolute atomic E-state index is 0.0271. The van der Waals surface area contributed by atoms with Crippen molar-refractivity contribution in [1.29, 1.82) is 0 Å². The lowest BCUT2D eigenvalue weighted by Gasteiger charge is -2.65. The van der Waals surface area contributed by atoms with Crippen molar-refractivity contribution in [1.82, 2.24) is 0 Å². The molecule has 6 atom stereocenters. The molecule has 4 rings (SSSR count). The topological polar surface area (TPSA) is 61.8 Å². The van der Waals surface area contributed by atoms with Crippen LogP contribution in [0.3, 0.4) is 0 Å². The highest BCUT2D eigenvalue weighted by Gasteiger charge is 2.62. The zero-order valence-electron chi connectivity index (χ0n) is 20.7. The lowest BCUT2D eigenvalue weighted by Crippen LogP contribution is -2.58. The molecule has 3 fully saturated rings. The van der Waals surface area contributed by atoms with Crippen LogP contribution >= 0.6 is 0 Å². The van der Waals surface area contributed by atoms with Crippen molar-refractivity contribution in [2.45, 2.75) is 97.3 Å². The monoisotopic (exact) mass is 508 g/mol. The molecule has 0 amide bonds. The molecule has 2 saturated carbocycles. The normalized spacial score (nSPS) is 40.6. The molecule has 1 aliphatic heterocycles. The predicted octanol–water partition coefficient (Wildman–Crippen LogP) is 6.55. The molecule has 1 saturated heterocycles. The van der Waals surface area contributed by atoms with E-state index < -0.39 is 33.2 Å². The molecule has 0 aromatic rings. The van der Waals surface area contributed by atoms with E-state index in [2.05, 4.69) is 27.7 Å². The quantitative estimate of drug-likeness (QED) is 0.311. The van der Waals surface area contributed by atoms with E-state index in [1.807, 2.05) is 0 Å². The zero-order chi connectivity index (χ0) is 25.0. The molecule has 0 radical (unpaired) electrons. The Morgan fingerprint density at radius 1 is 1.00 bits per heavy atom. The second-order valence-electron chi connectivity index (χ2n) is 12.0. The molecule has 1 heterocycles. The Balaban J connectivity index is 1.67. The Morgan fingerprint density at radius 2 is 1.74 bits per heavy atom. The van der Waals surface area contributed by atoms with Gasteiger partial charge in [-0.3, -0.25) is 0 Å². The minimum atomic E-state index is -5.75. The molecule has 0 aromatic carbocycles. The third-order valence-corrected chi connectivity index (χ3v) is 10.6. The number of ether oxygens (including phenoxy) is 2. The van der Waals surface area contributed by atoms with Gasteiger partial charge in [0.1, 0.15) is 5.76 Å². The van der Waals surface area contributed by atoms with E-state index in [1.165, 1.54) is 6.42 Å². The van der Waals surface area contributed by atoms with Crippen LogP contribution in [0.15, 0.2) is 11.8 Å². The first-order valence-electron chi connectivity index (χ1n) is 12.6. The molecule has 5 nitrogen and oxygen atoms in total. The third kappa shape index (κ3) is 4.54. The van der Waals surface area contributed by atoms with Crippen LogP contribution in [-0.4, -0.2) is 33.4 Å². The SMILES string of the molecule is CC1(C)CCC[C@]2(C)[C@H]3CC=C(OS(=O)(=O)C(F)(F)F)[C@@H](COC4CCCCO4)[C@]3(C)CC[C@@H]12. The Morgan fingerprint density at radius 3 is 2.38 bits per heavy atom. The molecule has 4 aliphatic rings. The number of alkyl halides is 3. The summed E-state index contributed by atoms with van der Waals surface area (Å²) in [5, 5.41) is 0. The van der Waals surface area contributed by atoms with Gasteiger partial charge in [0.2, 0.25) is 0 Å². The van der Waals surface area contributed by atoms with Gasteiger partial charge in [-0.1, -0.05) is 34.1 Å². The maximum absolute atomic E-state index is 13.2. The fourth-order valence-corrected chi connectivity index (χ4v) is 8.46. The van der Waals surface area contributed by atoms with E-state index >= 15 is 0 Å². The van der Waals surface area contributed by atoms with Gasteiger partial charge in [0.15, 0.2) is 6.29 Å². The van der Waals surface area contributed by atoms with Crippen molar-refractivity contribution < 1.29 is 35.2 Å². The van der Waals surface area contributed by atoms with Gasteiger partial charge in [-0.25, -0.2) is 0 Å². The lowest BCUT2D eigenvalue weighted by molar-refractivity contribution is -0.195. The van der Waals surface area contributed by atoms with E-state index in [0.29, 0.717) is 18.9 Å². The van der Waals surface area contributed by atoms with Gasteiger partial charge < -0.3 is 13.7 Å². The van der Waals surface area contributed by atoms with E-state index in [4.69, 9.17) is 13.7 Å². The summed E-state index contributed by atoms with van der Waals surface area (Å²) >= 11 is 0. The van der Waals surface area contributed by atoms with Gasteiger partial charge in [0, 0.05) is 12.5 Å². The van der Waals surface area contributed by atoms with Gasteiger partial charge in [0.25, 0.3) is 0 Å². The highest BCUT2D eigenvalue weighted by atomic mass is 32.2. The number of hydrogen-bond acceptors (Lipinski definition) is 5. The average Bonchev–Trinajstić information content (AvgIpc) is 2.71. The molecule has 1 unspecified atom stereocenters. The van der Waals surface area contributed by atoms with Crippen LogP contribution in [-0.2, 0) is 23.8 Å². The van der Waals surface area contributed by atoms with Crippen molar-refractivity contribution >= 4 is 10.1 Å². The van der Waals surface area contributed by atoms with Gasteiger partial charge >= 0.3 is 15.6 Å². The summed E-state index contributed by atoms with van der Waals surface area (Å²) in [6, 6.07) is 0. The van der Waals surface area contributed by atoms with Crippen LogP contribution in [0.1, 0.15) is 85.5 Å². The summed E-state index contributed by atoms with van der Waals surface area (Å²) in [5.41, 5.74) is -5.67. The third-order valence-electron chi connectivity index (χ3n) is 9.61. The number of hydrogen-bond donors (Lipinski definition) is 0. The Kier molecular flexibility index (Phi) is 6.91. The largest absolute Gasteiger partial charge is 0.534 e. The summed E-state index contributed by atoms with van der Waals surface area (Å²) < 4.78 is 80.1. The fourth-order valence-electron chi connectivity index (χ4n) is 7.93. The highest BCUT2D eigenvalue weighted by Crippen LogP contribution is 2.68. The van der Waals surface area contributed by atoms with Gasteiger partial charge in [-0.15, -0.1) is 0 Å². The molecule has 0 aromatic heterocycles. The summed E-state index contributed by atoms with van der Waals surface area (Å²) in [5.74, 6) is 0.0192. The first kappa shape index (κ1) is 26.3. The number of allylic oxidation sites excluding steroid dienone is 1. The fraction of sp³-hybridized carbons (Fsp3) is 0.920. The molecule has 0 N–H and O–H groups in total. The van der Waals surface area contributed by atoms with Crippen molar-refractivity contribution in [2.75, 3.05) is 13.2 Å². The standard InChI is InChI=1S/C25H39F3O5S/c1-22(2)12-7-13-24(4)19(22)11-14-23(3)17(16-32-21-8-5-6-15-31-21)18(9-10-20(23)24)33-34(29,30)25(26,27)28/h9,17,19-21H,5-8,10-16H2,1-4H3/t17-,19+,20+,21?,23+,24+/m1/s1. The second kappa shape index (κ2) is 8.94. The first-order valence-corrected chi connectivity index (χ1v) is 14.1. The number of halogens is 3. The van der Waals surface area contributed by atoms with Crippen molar-refractivity contribution in [3.63, 3.8) is 0 Å². The molecule has 0 spiro atoms. The molecule has 196 valence electrons. The maximum atomic E-state index is 13.2. The smallest absolute Gasteiger partial charge is 0.381 e. The Bertz CT molecular complexity index is 893. The molecule has 0 bridgehead atoms. The van der Waals surface area contributed by atoms with E-state index in [-0.39, 0.29) is 29.1 Å². The summed E-state index contributed by atoms with van der Waals surface area (Å²) in [6.07, 6.45) is 9.48. The van der Waals surface area contributed by atoms with Crippen LogP contribution in [0, 0.1) is 34.0 Å². The van der Waals surface area contributed by atoms with Crippen molar-refractivity contribution in [3.05, 3.63) is 11.8 Å². The zero-order valence-corrected chi connectivity index (χ0v) is 21.6. The highest BCUT2D eigenvalue weighted by molar-refractivity contribution is 7.87. The van der Waals surface area contributed by atoms with Crippen LogP contribution in [0.2, 0.25) is 0 Å². The molecule has 3 aliphatic carbocycles. The number of rotatable bonds is 5. The van der Waals surface area contributed by atoms with Crippen LogP contribution in [0.25, 0.3) is 0 Å². The number of fused-ring (bicyclic) bond motifs is 3. The van der Waals surface area contributed by atoms with Crippen molar-refractivity contribution in [2.24, 2.45) is 34.0 Å². The van der Waals surface area contributed by atoms with Crippen LogP contribution < -0.4 is 0 Å². The summed E-state index contributed by atoms with van der Waals surface area (Å²) in [7, 11) is -5.75. The van der Waals surface area contributed by atoms with Gasteiger partial charge in [-0.05, 0) is 85.5 Å². The Hall–Kier alpha value is -0.800. The molecular weight excluding hydrogens is 469 g/mol. The minimum Gasteiger partial charge on any atom is -0.381 e. The first-order chi connectivity index (χ1) is 15.7. The van der Waals surface area contributed by atoms with Gasteiger partial charge in [0.05, 0.1) is 6.61 Å². The van der Waals surface area contributed by atoms with Crippen molar-refractivity contribution in [3.8, 4) is 0 Å². The molecule has 34 heavy (non-hydrogen) atoms. The predicted molar refractivity (Wildman–Crippen MR) is 122 cm³/mol. The van der Waals surface area contributed by atoms with E-state index in [9.17, 15) is 21.6 Å². The Labute approximate surface area is 201 Å². The van der Waals surface area contributed by atoms with Gasteiger partial charge in [-0.2, -0.15) is 21.6 Å². The van der Waals surface area contributed by atoms with E-state index in [0.717, 1.165) is 44.9 Å². The van der Waals surface area contributed by atoms with Crippen LogP contribution in [0.4, 0.5) is 13.2 Å². The lowest BCUT2D eigenvalue weighted by atomic mass is 9.40. The summed E-state index contributed by atoms with van der Waals surface area (Å²) in [6.45, 7) is 9.79. The molecular formula is C25H39F3O5S. The summed E-state index contributed by atoms with van der Waals surface area (Å²) in [4.78, 5) is 0. The van der Waals surface area contributed by atoms with E-state index in [1.54, 1.807) is 6.08 Å². The average molecular weight is 509 g/mol.